The summed E-state index contributed by atoms with van der Waals surface area (Å²) in [6.07, 6.45) is 0. The second-order valence-corrected chi connectivity index (χ2v) is 2.92. The molecule has 0 rings (SSSR count). The van der Waals surface area contributed by atoms with Gasteiger partial charge in [-0.25, -0.2) is 5.21 Å². The highest BCUT2D eigenvalue weighted by Gasteiger charge is 2.15. The van der Waals surface area contributed by atoms with Gasteiger partial charge in [0.2, 0.25) is 0 Å². The molecule has 0 aliphatic carbocycles. The molecule has 0 unspecified atom stereocenters. The van der Waals surface area contributed by atoms with E-state index >= 15 is 0 Å². The van der Waals surface area contributed by atoms with E-state index in [1.165, 1.54) is 0 Å². The maximum Gasteiger partial charge on any atom is 0.122 e. The molecule has 0 atom stereocenters. The zero-order chi connectivity index (χ0) is 7.33. The van der Waals surface area contributed by atoms with Gasteiger partial charge in [-0.1, -0.05) is 0 Å². The van der Waals surface area contributed by atoms with Crippen LogP contribution >= 0.6 is 23.2 Å². The largest absolute Gasteiger partial charge is 1.00 e. The predicted octanol–water partition coefficient (Wildman–Crippen LogP) is -1.70. The van der Waals surface area contributed by atoms with Gasteiger partial charge in [-0.3, -0.25) is 0 Å². The van der Waals surface area contributed by atoms with Gasteiger partial charge in [-0.05, 0) is 0 Å². The second kappa shape index (κ2) is 6.50. The lowest BCUT2D eigenvalue weighted by atomic mass is 10.5. The van der Waals surface area contributed by atoms with Crippen LogP contribution in [-0.2, 0) is 0 Å². The molecule has 0 amide bonds. The predicted molar refractivity (Wildman–Crippen MR) is 39.1 cm³/mol. The molecule has 64 valence electrons. The van der Waals surface area contributed by atoms with Crippen LogP contribution in [0.25, 0.3) is 0 Å². The molecule has 0 aliphatic rings. The number of hydroxylamine groups is 3. The Balaban J connectivity index is 0. The average Bonchev–Trinajstić information content (AvgIpc) is 1.64. The van der Waals surface area contributed by atoms with Crippen LogP contribution in [0.4, 0.5) is 0 Å². The van der Waals surface area contributed by atoms with Gasteiger partial charge in [0.25, 0.3) is 0 Å². The highest BCUT2D eigenvalue weighted by molar-refractivity contribution is 6.18. The zero-order valence-corrected chi connectivity index (χ0v) is 8.12. The molecule has 0 saturated heterocycles. The van der Waals surface area contributed by atoms with Crippen molar-refractivity contribution in [1.29, 1.82) is 0 Å². The van der Waals surface area contributed by atoms with Gasteiger partial charge in [0.15, 0.2) is 0 Å². The molecule has 10 heavy (non-hydrogen) atoms. The summed E-state index contributed by atoms with van der Waals surface area (Å²) < 4.78 is -0.0764. The first kappa shape index (κ1) is 13.4. The third-order valence-corrected chi connectivity index (χ3v) is 1.47. The standard InChI is InChI=1S/C5H12Cl2NO.ClH/c1-8(9,4-2-6)5-3-7;/h9H,2-5H2,1H3;1H/q+1;/p-1. The number of halogens is 3. The van der Waals surface area contributed by atoms with Crippen LogP contribution < -0.4 is 12.4 Å². The molecule has 0 fully saturated rings. The quantitative estimate of drug-likeness (QED) is 0.332. The molecule has 0 aromatic heterocycles. The van der Waals surface area contributed by atoms with Gasteiger partial charge in [0, 0.05) is 0 Å². The number of hydrogen-bond donors (Lipinski definition) is 1. The van der Waals surface area contributed by atoms with Gasteiger partial charge in [-0.2, -0.15) is 4.65 Å². The molecule has 0 spiro atoms. The number of rotatable bonds is 4. The van der Waals surface area contributed by atoms with Crippen molar-refractivity contribution in [3.05, 3.63) is 0 Å². The highest BCUT2D eigenvalue weighted by Crippen LogP contribution is 1.96. The topological polar surface area (TPSA) is 20.2 Å². The number of nitrogens with zero attached hydrogens (tertiary/aromatic N) is 1. The van der Waals surface area contributed by atoms with Gasteiger partial charge < -0.3 is 12.4 Å². The summed E-state index contributed by atoms with van der Waals surface area (Å²) in [6, 6.07) is 0. The van der Waals surface area contributed by atoms with Gasteiger partial charge in [0.1, 0.15) is 13.1 Å². The Bertz CT molecular complexity index is 71.3. The molecule has 1 N–H and O–H groups in total. The summed E-state index contributed by atoms with van der Waals surface area (Å²) in [7, 11) is 1.69. The van der Waals surface area contributed by atoms with Crippen molar-refractivity contribution in [2.75, 3.05) is 31.9 Å². The lowest BCUT2D eigenvalue weighted by molar-refractivity contribution is -1.08. The number of alkyl halides is 2. The summed E-state index contributed by atoms with van der Waals surface area (Å²) in [5.41, 5.74) is 0. The van der Waals surface area contributed by atoms with E-state index < -0.39 is 0 Å². The molecule has 5 heteroatoms. The number of hydrogen-bond acceptors (Lipinski definition) is 1. The summed E-state index contributed by atoms with van der Waals surface area (Å²) >= 11 is 10.8. The van der Waals surface area contributed by atoms with E-state index in [0.29, 0.717) is 24.8 Å². The zero-order valence-electron chi connectivity index (χ0n) is 5.86. The fourth-order valence-corrected chi connectivity index (χ4v) is 1.20. The Morgan fingerprint density at radius 1 is 1.20 bits per heavy atom. The maximum atomic E-state index is 9.28. The van der Waals surface area contributed by atoms with E-state index in [1.807, 2.05) is 0 Å². The molecule has 0 heterocycles. The van der Waals surface area contributed by atoms with Gasteiger partial charge in [-0.15, -0.1) is 23.2 Å². The molecule has 0 bridgehead atoms. The minimum absolute atomic E-state index is 0. The monoisotopic (exact) mass is 207 g/mol. The Hall–Kier alpha value is 0.790. The SMILES string of the molecule is C[N+](O)(CCCl)CCCl.[Cl-]. The molecular formula is C5H12Cl3NO. The van der Waals surface area contributed by atoms with Crippen LogP contribution in [0.3, 0.4) is 0 Å². The van der Waals surface area contributed by atoms with Crippen LogP contribution in [0.1, 0.15) is 0 Å². The van der Waals surface area contributed by atoms with E-state index in [4.69, 9.17) is 23.2 Å². The fourth-order valence-electron chi connectivity index (χ4n) is 0.476. The Morgan fingerprint density at radius 2 is 1.50 bits per heavy atom. The smallest absolute Gasteiger partial charge is 0.122 e. The third kappa shape index (κ3) is 6.90. The van der Waals surface area contributed by atoms with Crippen LogP contribution in [0.15, 0.2) is 0 Å². The molecule has 2 nitrogen and oxygen atoms in total. The first-order valence-corrected chi connectivity index (χ1v) is 3.88. The van der Waals surface area contributed by atoms with Crippen molar-refractivity contribution in [1.82, 2.24) is 0 Å². The highest BCUT2D eigenvalue weighted by atomic mass is 35.5. The van der Waals surface area contributed by atoms with Crippen molar-refractivity contribution in [2.24, 2.45) is 0 Å². The lowest BCUT2D eigenvalue weighted by Crippen LogP contribution is -3.00. The molecule has 0 aliphatic heterocycles. The van der Waals surface area contributed by atoms with Crippen molar-refractivity contribution in [2.45, 2.75) is 0 Å². The summed E-state index contributed by atoms with van der Waals surface area (Å²) in [4.78, 5) is 0. The van der Waals surface area contributed by atoms with Crippen molar-refractivity contribution in [3.63, 3.8) is 0 Å². The van der Waals surface area contributed by atoms with E-state index in [0.717, 1.165) is 0 Å². The van der Waals surface area contributed by atoms with E-state index in [-0.39, 0.29) is 17.1 Å². The molecule has 0 aromatic carbocycles. The summed E-state index contributed by atoms with van der Waals surface area (Å²) in [5.74, 6) is 0.924. The minimum atomic E-state index is -0.0764. The van der Waals surface area contributed by atoms with Crippen molar-refractivity contribution >= 4 is 23.2 Å². The van der Waals surface area contributed by atoms with E-state index in [1.54, 1.807) is 7.05 Å². The minimum Gasteiger partial charge on any atom is -1.00 e. The summed E-state index contributed by atoms with van der Waals surface area (Å²) in [5, 5.41) is 9.28. The van der Waals surface area contributed by atoms with Crippen LogP contribution in [0.5, 0.6) is 0 Å². The third-order valence-electron chi connectivity index (χ3n) is 1.13. The molecule has 0 saturated carbocycles. The fraction of sp³-hybridized carbons (Fsp3) is 1.00. The average molecular weight is 209 g/mol. The van der Waals surface area contributed by atoms with Crippen LogP contribution in [0, 0.1) is 0 Å². The van der Waals surface area contributed by atoms with E-state index in [2.05, 4.69) is 0 Å². The van der Waals surface area contributed by atoms with E-state index in [9.17, 15) is 5.21 Å². The Labute approximate surface area is 77.7 Å². The lowest BCUT2D eigenvalue weighted by Gasteiger charge is -2.22. The first-order chi connectivity index (χ1) is 4.12. The Kier molecular flexibility index (Phi) is 8.70. The van der Waals surface area contributed by atoms with Gasteiger partial charge >= 0.3 is 0 Å². The second-order valence-electron chi connectivity index (χ2n) is 2.16. The maximum absolute atomic E-state index is 9.28. The van der Waals surface area contributed by atoms with Crippen LogP contribution in [-0.4, -0.2) is 41.8 Å². The van der Waals surface area contributed by atoms with Gasteiger partial charge in [0.05, 0.1) is 18.8 Å². The number of quaternary nitrogens is 1. The molecule has 0 radical (unpaired) electrons. The normalized spacial score (nSPS) is 10.8. The van der Waals surface area contributed by atoms with Crippen LogP contribution in [0.2, 0.25) is 0 Å². The van der Waals surface area contributed by atoms with Crippen molar-refractivity contribution in [3.8, 4) is 0 Å². The Morgan fingerprint density at radius 3 is 1.70 bits per heavy atom. The molecular weight excluding hydrogens is 196 g/mol. The molecule has 0 aromatic rings. The van der Waals surface area contributed by atoms with Crippen molar-refractivity contribution < 1.29 is 22.3 Å². The summed E-state index contributed by atoms with van der Waals surface area (Å²) in [6.45, 7) is 1.10. The first-order valence-electron chi connectivity index (χ1n) is 2.81.